The topological polar surface area (TPSA) is 84.0 Å². The zero-order valence-electron chi connectivity index (χ0n) is 16.2. The molecule has 0 atom stereocenters. The summed E-state index contributed by atoms with van der Waals surface area (Å²) in [4.78, 5) is 35.3. The molecule has 11 heteroatoms. The van der Waals surface area contributed by atoms with Crippen molar-refractivity contribution in [3.8, 4) is 21.1 Å². The third-order valence-electron chi connectivity index (χ3n) is 4.00. The summed E-state index contributed by atoms with van der Waals surface area (Å²) in [5.41, 5.74) is 1.77. The fourth-order valence-electron chi connectivity index (χ4n) is 2.53. The Kier molecular flexibility index (Phi) is 7.86. The molecule has 4 aromatic heterocycles. The minimum Gasteiger partial charge on any atom is -0.302 e. The number of thiazole rings is 2. The molecule has 0 bridgehead atoms. The quantitative estimate of drug-likeness (QED) is 0.252. The Balaban J connectivity index is 1.11. The molecule has 0 fully saturated rings. The third kappa shape index (κ3) is 6.47. The van der Waals surface area contributed by atoms with Crippen molar-refractivity contribution in [2.45, 2.75) is 12.8 Å². The van der Waals surface area contributed by atoms with Crippen molar-refractivity contribution < 1.29 is 9.59 Å². The van der Waals surface area contributed by atoms with Crippen LogP contribution in [0.3, 0.4) is 0 Å². The molecule has 4 rings (SSSR count). The molecular weight excluding hydrogens is 489 g/mol. The summed E-state index contributed by atoms with van der Waals surface area (Å²) in [7, 11) is 0. The highest BCUT2D eigenvalue weighted by molar-refractivity contribution is 7.99. The highest BCUT2D eigenvalue weighted by Crippen LogP contribution is 2.29. The van der Waals surface area contributed by atoms with E-state index >= 15 is 0 Å². The Bertz CT molecular complexity index is 1030. The van der Waals surface area contributed by atoms with E-state index in [1.54, 1.807) is 34.4 Å². The minimum absolute atomic E-state index is 0.0621. The lowest BCUT2D eigenvalue weighted by molar-refractivity contribution is -0.116. The second kappa shape index (κ2) is 11.0. The van der Waals surface area contributed by atoms with Crippen LogP contribution in [0.4, 0.5) is 10.3 Å². The van der Waals surface area contributed by atoms with Gasteiger partial charge in [-0.1, -0.05) is 12.1 Å². The Morgan fingerprint density at radius 1 is 0.774 bits per heavy atom. The predicted octanol–water partition coefficient (Wildman–Crippen LogP) is 6.15. The van der Waals surface area contributed by atoms with Gasteiger partial charge in [-0.25, -0.2) is 9.97 Å². The largest absolute Gasteiger partial charge is 0.302 e. The van der Waals surface area contributed by atoms with E-state index in [1.165, 1.54) is 22.7 Å². The van der Waals surface area contributed by atoms with E-state index in [1.807, 2.05) is 45.8 Å². The number of carbonyl (C=O) groups is 2. The van der Waals surface area contributed by atoms with Crippen LogP contribution in [0.5, 0.6) is 0 Å². The van der Waals surface area contributed by atoms with Crippen molar-refractivity contribution in [3.05, 3.63) is 45.8 Å². The maximum atomic E-state index is 12.1. The Labute approximate surface area is 199 Å². The number of nitrogens with zero attached hydrogens (tertiary/aromatic N) is 2. The highest BCUT2D eigenvalue weighted by atomic mass is 32.2. The molecule has 4 aromatic rings. The molecule has 31 heavy (non-hydrogen) atoms. The van der Waals surface area contributed by atoms with E-state index < -0.39 is 0 Å². The molecule has 0 saturated heterocycles. The van der Waals surface area contributed by atoms with Gasteiger partial charge in [0.15, 0.2) is 10.3 Å². The van der Waals surface area contributed by atoms with Gasteiger partial charge in [0.25, 0.3) is 0 Å². The highest BCUT2D eigenvalue weighted by Gasteiger charge is 2.10. The monoisotopic (exact) mass is 506 g/mol. The van der Waals surface area contributed by atoms with Gasteiger partial charge in [-0.2, -0.15) is 11.8 Å². The van der Waals surface area contributed by atoms with Gasteiger partial charge in [-0.3, -0.25) is 9.59 Å². The molecule has 160 valence electrons. The van der Waals surface area contributed by atoms with Crippen LogP contribution in [0.15, 0.2) is 45.8 Å². The number of anilines is 2. The van der Waals surface area contributed by atoms with Gasteiger partial charge in [-0.15, -0.1) is 45.3 Å². The van der Waals surface area contributed by atoms with Crippen LogP contribution in [0.25, 0.3) is 21.1 Å². The standard InChI is InChI=1S/C20H18N4O2S5/c25-17(23-19-21-13(11-30-19)15-3-1-7-28-15)5-9-27-10-6-18(26)24-20-22-14(12-31-20)16-4-2-8-29-16/h1-4,7-8,11-12H,5-6,9-10H2,(H,21,23,25)(H,22,24,26). The Morgan fingerprint density at radius 3 is 1.68 bits per heavy atom. The zero-order valence-corrected chi connectivity index (χ0v) is 20.3. The van der Waals surface area contributed by atoms with Crippen molar-refractivity contribution >= 4 is 79.2 Å². The van der Waals surface area contributed by atoms with Gasteiger partial charge in [0.1, 0.15) is 0 Å². The number of thioether (sulfide) groups is 1. The van der Waals surface area contributed by atoms with Crippen molar-refractivity contribution in [3.63, 3.8) is 0 Å². The summed E-state index contributed by atoms with van der Waals surface area (Å²) in [5.74, 6) is 1.19. The molecule has 0 radical (unpaired) electrons. The summed E-state index contributed by atoms with van der Waals surface area (Å²) in [6, 6.07) is 7.98. The molecular formula is C20H18N4O2S5. The van der Waals surface area contributed by atoms with E-state index in [2.05, 4.69) is 20.6 Å². The van der Waals surface area contributed by atoms with E-state index in [-0.39, 0.29) is 11.8 Å². The number of hydrogen-bond donors (Lipinski definition) is 2. The molecule has 0 aliphatic heterocycles. The first kappa shape index (κ1) is 22.2. The van der Waals surface area contributed by atoms with Crippen molar-refractivity contribution in [2.24, 2.45) is 0 Å². The SMILES string of the molecule is O=C(CCSCCC(=O)Nc1nc(-c2cccs2)cs1)Nc1nc(-c2cccs2)cs1. The summed E-state index contributed by atoms with van der Waals surface area (Å²) in [6.45, 7) is 0. The molecule has 4 heterocycles. The van der Waals surface area contributed by atoms with Gasteiger partial charge < -0.3 is 10.6 Å². The van der Waals surface area contributed by atoms with Crippen molar-refractivity contribution in [1.82, 2.24) is 9.97 Å². The maximum absolute atomic E-state index is 12.1. The lowest BCUT2D eigenvalue weighted by Crippen LogP contribution is -2.13. The molecule has 2 amide bonds. The van der Waals surface area contributed by atoms with Gasteiger partial charge in [0.2, 0.25) is 11.8 Å². The first-order valence-electron chi connectivity index (χ1n) is 9.33. The second-order valence-corrected chi connectivity index (χ2v) is 11.1. The van der Waals surface area contributed by atoms with Crippen LogP contribution in [0.2, 0.25) is 0 Å². The van der Waals surface area contributed by atoms with Gasteiger partial charge in [-0.05, 0) is 22.9 Å². The second-order valence-electron chi connectivity index (χ2n) is 6.24. The van der Waals surface area contributed by atoms with E-state index in [0.29, 0.717) is 34.6 Å². The summed E-state index contributed by atoms with van der Waals surface area (Å²) < 4.78 is 0. The van der Waals surface area contributed by atoms with E-state index in [0.717, 1.165) is 21.1 Å². The molecule has 0 aliphatic carbocycles. The average molecular weight is 507 g/mol. The first-order chi connectivity index (χ1) is 15.2. The van der Waals surface area contributed by atoms with Gasteiger partial charge in [0.05, 0.1) is 21.1 Å². The first-order valence-corrected chi connectivity index (χ1v) is 14.0. The van der Waals surface area contributed by atoms with Gasteiger partial charge in [0, 0.05) is 35.1 Å². The Morgan fingerprint density at radius 2 is 1.26 bits per heavy atom. The summed E-state index contributed by atoms with van der Waals surface area (Å²) >= 11 is 7.68. The molecule has 0 aromatic carbocycles. The number of carbonyl (C=O) groups excluding carboxylic acids is 2. The third-order valence-corrected chi connectivity index (χ3v) is 8.28. The average Bonchev–Trinajstić information content (AvgIpc) is 3.54. The molecule has 0 spiro atoms. The number of nitrogens with one attached hydrogen (secondary N) is 2. The number of amides is 2. The smallest absolute Gasteiger partial charge is 0.226 e. The van der Waals surface area contributed by atoms with Crippen molar-refractivity contribution in [1.29, 1.82) is 0 Å². The van der Waals surface area contributed by atoms with Crippen LogP contribution in [0.1, 0.15) is 12.8 Å². The molecule has 0 aliphatic rings. The number of hydrogen-bond acceptors (Lipinski definition) is 9. The molecule has 0 saturated carbocycles. The number of aromatic nitrogens is 2. The summed E-state index contributed by atoms with van der Waals surface area (Å²) in [5, 5.41) is 14.8. The maximum Gasteiger partial charge on any atom is 0.226 e. The fraction of sp³-hybridized carbons (Fsp3) is 0.200. The zero-order chi connectivity index (χ0) is 21.5. The van der Waals surface area contributed by atoms with Crippen LogP contribution in [-0.2, 0) is 9.59 Å². The van der Waals surface area contributed by atoms with Crippen LogP contribution in [0, 0.1) is 0 Å². The Hall–Kier alpha value is -2.05. The fourth-order valence-corrected chi connectivity index (χ4v) is 6.37. The lowest BCUT2D eigenvalue weighted by atomic mass is 10.4. The van der Waals surface area contributed by atoms with Crippen molar-refractivity contribution in [2.75, 3.05) is 22.1 Å². The number of rotatable bonds is 10. The molecule has 6 nitrogen and oxygen atoms in total. The van der Waals surface area contributed by atoms with E-state index in [9.17, 15) is 9.59 Å². The minimum atomic E-state index is -0.0621. The molecule has 0 unspecified atom stereocenters. The van der Waals surface area contributed by atoms with E-state index in [4.69, 9.17) is 0 Å². The predicted molar refractivity (Wildman–Crippen MR) is 135 cm³/mol. The number of thiophene rings is 2. The van der Waals surface area contributed by atoms with Crippen LogP contribution in [-0.4, -0.2) is 33.3 Å². The lowest BCUT2D eigenvalue weighted by Gasteiger charge is -2.03. The van der Waals surface area contributed by atoms with Crippen LogP contribution < -0.4 is 10.6 Å². The van der Waals surface area contributed by atoms with Crippen LogP contribution >= 0.6 is 57.1 Å². The summed E-state index contributed by atoms with van der Waals surface area (Å²) in [6.07, 6.45) is 0.772. The molecule has 2 N–H and O–H groups in total. The normalized spacial score (nSPS) is 10.8. The van der Waals surface area contributed by atoms with Gasteiger partial charge >= 0.3 is 0 Å².